The number of hydrogen-bond donors (Lipinski definition) is 0. The normalized spacial score (nSPS) is 16.3. The van der Waals surface area contributed by atoms with Crippen LogP contribution in [0.4, 0.5) is 4.79 Å². The standard InChI is InChI=1S/C14H18ClNO4S/c1-16(10-14(7-8-14)11-21(15,18)19)13(17)20-9-12-5-3-2-4-6-12/h2-6H,7-11H2,1H3. The van der Waals surface area contributed by atoms with E-state index in [1.54, 1.807) is 7.05 Å². The molecule has 7 heteroatoms. The molecule has 1 aliphatic rings. The molecule has 0 aliphatic heterocycles. The zero-order valence-electron chi connectivity index (χ0n) is 11.8. The molecule has 0 bridgehead atoms. The Hall–Kier alpha value is -1.27. The minimum Gasteiger partial charge on any atom is -0.445 e. The molecular formula is C14H18ClNO4S. The summed E-state index contributed by atoms with van der Waals surface area (Å²) in [5.74, 6) is -0.0993. The number of amides is 1. The molecule has 1 fully saturated rings. The molecule has 1 aromatic carbocycles. The first-order valence-electron chi connectivity index (χ1n) is 6.64. The zero-order valence-corrected chi connectivity index (χ0v) is 13.4. The van der Waals surface area contributed by atoms with Crippen LogP contribution in [0, 0.1) is 5.41 Å². The summed E-state index contributed by atoms with van der Waals surface area (Å²) in [5.41, 5.74) is 0.505. The Morgan fingerprint density at radius 3 is 2.48 bits per heavy atom. The van der Waals surface area contributed by atoms with Crippen molar-refractivity contribution in [2.45, 2.75) is 19.4 Å². The molecule has 0 heterocycles. The first-order chi connectivity index (χ1) is 9.80. The van der Waals surface area contributed by atoms with Gasteiger partial charge in [-0.05, 0) is 18.4 Å². The van der Waals surface area contributed by atoms with Gasteiger partial charge in [-0.2, -0.15) is 0 Å². The maximum Gasteiger partial charge on any atom is 0.409 e. The van der Waals surface area contributed by atoms with E-state index in [2.05, 4.69) is 0 Å². The fourth-order valence-electron chi connectivity index (χ4n) is 2.29. The van der Waals surface area contributed by atoms with Crippen LogP contribution in [-0.4, -0.2) is 38.8 Å². The smallest absolute Gasteiger partial charge is 0.409 e. The fourth-order valence-corrected chi connectivity index (χ4v) is 4.09. The molecule has 1 saturated carbocycles. The number of nitrogens with zero attached hydrogens (tertiary/aromatic N) is 1. The van der Waals surface area contributed by atoms with Gasteiger partial charge in [-0.25, -0.2) is 13.2 Å². The van der Waals surface area contributed by atoms with Crippen molar-refractivity contribution in [3.63, 3.8) is 0 Å². The lowest BCUT2D eigenvalue weighted by atomic mass is 10.1. The number of rotatable bonds is 6. The van der Waals surface area contributed by atoms with Gasteiger partial charge in [-0.15, -0.1) is 0 Å². The van der Waals surface area contributed by atoms with Gasteiger partial charge in [-0.1, -0.05) is 30.3 Å². The summed E-state index contributed by atoms with van der Waals surface area (Å²) < 4.78 is 27.6. The van der Waals surface area contributed by atoms with Crippen molar-refractivity contribution in [1.29, 1.82) is 0 Å². The van der Waals surface area contributed by atoms with Crippen molar-refractivity contribution in [1.82, 2.24) is 4.90 Å². The van der Waals surface area contributed by atoms with E-state index in [0.717, 1.165) is 18.4 Å². The lowest BCUT2D eigenvalue weighted by molar-refractivity contribution is 0.0990. The molecule has 1 aliphatic carbocycles. The Balaban J connectivity index is 1.83. The predicted molar refractivity (Wildman–Crippen MR) is 80.6 cm³/mol. The highest BCUT2D eigenvalue weighted by Gasteiger charge is 2.47. The second-order valence-corrected chi connectivity index (χ2v) is 8.36. The molecule has 0 saturated heterocycles. The third kappa shape index (κ3) is 5.21. The lowest BCUT2D eigenvalue weighted by Gasteiger charge is -2.22. The average Bonchev–Trinajstić information content (AvgIpc) is 3.14. The van der Waals surface area contributed by atoms with Gasteiger partial charge in [-0.3, -0.25) is 0 Å². The van der Waals surface area contributed by atoms with Crippen molar-refractivity contribution >= 4 is 25.8 Å². The Morgan fingerprint density at radius 2 is 1.95 bits per heavy atom. The van der Waals surface area contributed by atoms with Gasteiger partial charge in [0.15, 0.2) is 0 Å². The first-order valence-corrected chi connectivity index (χ1v) is 9.12. The van der Waals surface area contributed by atoms with Crippen molar-refractivity contribution in [3.8, 4) is 0 Å². The monoisotopic (exact) mass is 331 g/mol. The van der Waals surface area contributed by atoms with Crippen LogP contribution >= 0.6 is 10.7 Å². The largest absolute Gasteiger partial charge is 0.445 e. The van der Waals surface area contributed by atoms with Crippen molar-refractivity contribution < 1.29 is 17.9 Å². The van der Waals surface area contributed by atoms with Gasteiger partial charge in [0.2, 0.25) is 9.05 Å². The Morgan fingerprint density at radius 1 is 1.33 bits per heavy atom. The summed E-state index contributed by atoms with van der Waals surface area (Å²) >= 11 is 0. The summed E-state index contributed by atoms with van der Waals surface area (Å²) in [5, 5.41) is 0. The third-order valence-corrected chi connectivity index (χ3v) is 4.81. The van der Waals surface area contributed by atoms with Crippen LogP contribution in [0.2, 0.25) is 0 Å². The van der Waals surface area contributed by atoms with Crippen molar-refractivity contribution in [3.05, 3.63) is 35.9 Å². The average molecular weight is 332 g/mol. The number of carbonyl (C=O) groups excluding carboxylic acids is 1. The number of halogens is 1. The van der Waals surface area contributed by atoms with Crippen LogP contribution in [0.1, 0.15) is 18.4 Å². The molecule has 116 valence electrons. The number of hydrogen-bond acceptors (Lipinski definition) is 4. The Bertz CT molecular complexity index is 599. The molecule has 5 nitrogen and oxygen atoms in total. The van der Waals surface area contributed by atoms with Gasteiger partial charge in [0.1, 0.15) is 6.61 Å². The zero-order chi connectivity index (χ0) is 15.5. The van der Waals surface area contributed by atoms with Crippen molar-refractivity contribution in [2.75, 3.05) is 19.3 Å². The molecule has 0 radical (unpaired) electrons. The highest BCUT2D eigenvalue weighted by Crippen LogP contribution is 2.47. The van der Waals surface area contributed by atoms with E-state index in [4.69, 9.17) is 15.4 Å². The molecule has 0 atom stereocenters. The first kappa shape index (κ1) is 16.1. The highest BCUT2D eigenvalue weighted by molar-refractivity contribution is 8.13. The van der Waals surface area contributed by atoms with Gasteiger partial charge in [0.25, 0.3) is 0 Å². The van der Waals surface area contributed by atoms with Crippen LogP contribution < -0.4 is 0 Å². The maximum absolute atomic E-state index is 11.9. The second-order valence-electron chi connectivity index (χ2n) is 5.58. The minimum absolute atomic E-state index is 0.0993. The Labute approximate surface area is 129 Å². The number of benzene rings is 1. The summed E-state index contributed by atoms with van der Waals surface area (Å²) in [4.78, 5) is 13.3. The third-order valence-electron chi connectivity index (χ3n) is 3.53. The van der Waals surface area contributed by atoms with Crippen molar-refractivity contribution in [2.24, 2.45) is 5.41 Å². The van der Waals surface area contributed by atoms with E-state index in [1.165, 1.54) is 4.90 Å². The molecule has 1 aromatic rings. The van der Waals surface area contributed by atoms with Crippen LogP contribution in [0.3, 0.4) is 0 Å². The summed E-state index contributed by atoms with van der Waals surface area (Å²) in [6.45, 7) is 0.539. The molecule has 0 spiro atoms. The molecule has 0 aromatic heterocycles. The predicted octanol–water partition coefficient (Wildman–Crippen LogP) is 2.60. The van der Waals surface area contributed by atoms with Gasteiger partial charge >= 0.3 is 6.09 Å². The highest BCUT2D eigenvalue weighted by atomic mass is 35.7. The molecule has 1 amide bonds. The van der Waals surface area contributed by atoms with E-state index in [-0.39, 0.29) is 12.4 Å². The van der Waals surface area contributed by atoms with E-state index >= 15 is 0 Å². The quantitative estimate of drug-likeness (QED) is 0.752. The lowest BCUT2D eigenvalue weighted by Crippen LogP contribution is -2.35. The van der Waals surface area contributed by atoms with Gasteiger partial charge in [0, 0.05) is 29.7 Å². The van der Waals surface area contributed by atoms with E-state index < -0.39 is 20.6 Å². The molecule has 0 unspecified atom stereocenters. The van der Waals surface area contributed by atoms with Crippen LogP contribution in [0.25, 0.3) is 0 Å². The minimum atomic E-state index is -3.55. The van der Waals surface area contributed by atoms with Crippen LogP contribution in [0.15, 0.2) is 30.3 Å². The maximum atomic E-state index is 11.9. The van der Waals surface area contributed by atoms with Crippen LogP contribution in [0.5, 0.6) is 0 Å². The second kappa shape index (κ2) is 6.23. The van der Waals surface area contributed by atoms with E-state index in [9.17, 15) is 13.2 Å². The summed E-state index contributed by atoms with van der Waals surface area (Å²) in [6, 6.07) is 9.38. The molecule has 2 rings (SSSR count). The van der Waals surface area contributed by atoms with E-state index in [1.807, 2.05) is 30.3 Å². The van der Waals surface area contributed by atoms with Gasteiger partial charge < -0.3 is 9.64 Å². The number of ether oxygens (including phenoxy) is 1. The van der Waals surface area contributed by atoms with Crippen LogP contribution in [-0.2, 0) is 20.4 Å². The molecule has 0 N–H and O–H groups in total. The topological polar surface area (TPSA) is 63.7 Å². The molecule has 21 heavy (non-hydrogen) atoms. The Kier molecular flexibility index (Phi) is 4.78. The SMILES string of the molecule is CN(CC1(CS(=O)(=O)Cl)CC1)C(=O)OCc1ccccc1. The van der Waals surface area contributed by atoms with E-state index in [0.29, 0.717) is 6.54 Å². The number of carbonyl (C=O) groups is 1. The summed E-state index contributed by atoms with van der Waals surface area (Å²) in [7, 11) is 3.35. The van der Waals surface area contributed by atoms with Gasteiger partial charge in [0.05, 0.1) is 5.75 Å². The summed E-state index contributed by atoms with van der Waals surface area (Å²) in [6.07, 6.45) is 1.06. The fraction of sp³-hybridized carbons (Fsp3) is 0.500. The molecular weight excluding hydrogens is 314 g/mol.